The topological polar surface area (TPSA) is 133 Å². The fourth-order valence-electron chi connectivity index (χ4n) is 1.88. The van der Waals surface area contributed by atoms with Crippen molar-refractivity contribution in [1.82, 2.24) is 0 Å². The van der Waals surface area contributed by atoms with Crippen LogP contribution in [0, 0.1) is 0 Å². The standard InChI is InChI=1S/C14H20Br2O8S2.2Na/c15-5-1-3-7-23-12-9-11(25(17,18)19)10-13(26(20,21)22)14(12)24-8-4-2-6-16;;/h9-10H,1-8H2,(H,17,18,19)(H,20,21,22);;/q;2*+1/p-2. The van der Waals surface area contributed by atoms with Crippen LogP contribution in [0.25, 0.3) is 0 Å². The largest absolute Gasteiger partial charge is 1.00 e. The van der Waals surface area contributed by atoms with E-state index in [1.54, 1.807) is 0 Å². The van der Waals surface area contributed by atoms with Crippen LogP contribution in [-0.2, 0) is 20.2 Å². The fourth-order valence-corrected chi connectivity index (χ4v) is 3.92. The van der Waals surface area contributed by atoms with Crippen molar-refractivity contribution in [2.75, 3.05) is 23.9 Å². The molecule has 1 aromatic carbocycles. The van der Waals surface area contributed by atoms with Crippen LogP contribution in [0.5, 0.6) is 11.5 Å². The molecule has 0 radical (unpaired) electrons. The maximum Gasteiger partial charge on any atom is 1.00 e. The molecule has 0 aliphatic carbocycles. The minimum absolute atomic E-state index is 0. The normalized spacial score (nSPS) is 11.3. The fraction of sp³-hybridized carbons (Fsp3) is 0.571. The first-order valence-electron chi connectivity index (χ1n) is 7.58. The molecule has 14 heteroatoms. The number of ether oxygens (including phenoxy) is 2. The maximum absolute atomic E-state index is 11.5. The van der Waals surface area contributed by atoms with Crippen molar-refractivity contribution in [3.05, 3.63) is 12.1 Å². The number of hydrogen-bond acceptors (Lipinski definition) is 8. The van der Waals surface area contributed by atoms with Crippen LogP contribution >= 0.6 is 31.9 Å². The first-order chi connectivity index (χ1) is 12.1. The molecule has 0 N–H and O–H groups in total. The molecule has 0 fully saturated rings. The second kappa shape index (κ2) is 15.4. The Hall–Kier alpha value is 1.60. The van der Waals surface area contributed by atoms with Gasteiger partial charge >= 0.3 is 59.1 Å². The zero-order valence-corrected chi connectivity index (χ0v) is 24.5. The molecule has 0 heterocycles. The SMILES string of the molecule is O=S(=O)([O-])c1cc(OCCCCBr)c(OCCCCBr)c(S(=O)(=O)[O-])c1.[Na+].[Na+]. The summed E-state index contributed by atoms with van der Waals surface area (Å²) in [5.41, 5.74) is 0. The summed E-state index contributed by atoms with van der Waals surface area (Å²) >= 11 is 6.49. The van der Waals surface area contributed by atoms with E-state index >= 15 is 0 Å². The van der Waals surface area contributed by atoms with Gasteiger partial charge in [-0.25, -0.2) is 16.8 Å². The zero-order chi connectivity index (χ0) is 19.8. The number of hydrogen-bond donors (Lipinski definition) is 0. The molecule has 8 nitrogen and oxygen atoms in total. The van der Waals surface area contributed by atoms with Crippen molar-refractivity contribution in [3.63, 3.8) is 0 Å². The van der Waals surface area contributed by atoms with Gasteiger partial charge in [0.15, 0.2) is 11.5 Å². The average Bonchev–Trinajstić information content (AvgIpc) is 2.54. The van der Waals surface area contributed by atoms with Crippen LogP contribution in [0.15, 0.2) is 21.9 Å². The van der Waals surface area contributed by atoms with Crippen LogP contribution < -0.4 is 68.6 Å². The van der Waals surface area contributed by atoms with Crippen molar-refractivity contribution in [2.24, 2.45) is 0 Å². The van der Waals surface area contributed by atoms with E-state index in [1.165, 1.54) is 0 Å². The number of rotatable bonds is 12. The summed E-state index contributed by atoms with van der Waals surface area (Å²) in [5, 5.41) is 1.44. The molecule has 0 aliphatic rings. The first kappa shape index (κ1) is 31.8. The molecule has 0 bridgehead atoms. The second-order valence-corrected chi connectivity index (χ2v) is 9.46. The van der Waals surface area contributed by atoms with E-state index in [4.69, 9.17) is 9.47 Å². The summed E-state index contributed by atoms with van der Waals surface area (Å²) in [6.45, 7) is 0.222. The van der Waals surface area contributed by atoms with Gasteiger partial charge in [-0.3, -0.25) is 0 Å². The molecular weight excluding hydrogens is 566 g/mol. The van der Waals surface area contributed by atoms with Crippen LogP contribution in [0.1, 0.15) is 25.7 Å². The number of benzene rings is 1. The van der Waals surface area contributed by atoms with Crippen LogP contribution in [-0.4, -0.2) is 49.8 Å². The third-order valence-corrected chi connectivity index (χ3v) is 5.89. The minimum atomic E-state index is -5.09. The van der Waals surface area contributed by atoms with Gasteiger partial charge in [-0.1, -0.05) is 31.9 Å². The molecule has 0 aliphatic heterocycles. The third-order valence-electron chi connectivity index (χ3n) is 3.11. The zero-order valence-electron chi connectivity index (χ0n) is 15.6. The van der Waals surface area contributed by atoms with E-state index < -0.39 is 30.0 Å². The quantitative estimate of drug-likeness (QED) is 0.108. The Bertz CT molecular complexity index is 804. The van der Waals surface area contributed by atoms with Gasteiger partial charge in [0.25, 0.3) is 0 Å². The van der Waals surface area contributed by atoms with Crippen LogP contribution in [0.4, 0.5) is 0 Å². The Morgan fingerprint density at radius 1 is 0.786 bits per heavy atom. The molecule has 150 valence electrons. The van der Waals surface area contributed by atoms with Crippen molar-refractivity contribution < 1.29 is 94.5 Å². The van der Waals surface area contributed by atoms with E-state index in [0.29, 0.717) is 24.2 Å². The summed E-state index contributed by atoms with van der Waals surface area (Å²) < 4.78 is 79.3. The molecule has 1 rings (SSSR count). The molecule has 0 atom stereocenters. The number of unbranched alkanes of at least 4 members (excludes halogenated alkanes) is 2. The van der Waals surface area contributed by atoms with Crippen molar-refractivity contribution >= 4 is 52.1 Å². The van der Waals surface area contributed by atoms with Gasteiger partial charge in [0.05, 0.1) is 18.1 Å². The Balaban J connectivity index is 0. The monoisotopic (exact) mass is 582 g/mol. The van der Waals surface area contributed by atoms with Crippen molar-refractivity contribution in [1.29, 1.82) is 0 Å². The minimum Gasteiger partial charge on any atom is -0.744 e. The summed E-state index contributed by atoms with van der Waals surface area (Å²) in [4.78, 5) is -1.79. The molecule has 0 saturated carbocycles. The van der Waals surface area contributed by atoms with Gasteiger partial charge < -0.3 is 18.6 Å². The summed E-state index contributed by atoms with van der Waals surface area (Å²) in [7, 11) is -10.1. The Morgan fingerprint density at radius 3 is 1.71 bits per heavy atom. The van der Waals surface area contributed by atoms with Gasteiger partial charge in [0.1, 0.15) is 25.1 Å². The van der Waals surface area contributed by atoms with E-state index in [1.807, 2.05) is 0 Å². The van der Waals surface area contributed by atoms with E-state index in [2.05, 4.69) is 31.9 Å². The molecule has 0 spiro atoms. The summed E-state index contributed by atoms with van der Waals surface area (Å²) in [6, 6.07) is 1.39. The van der Waals surface area contributed by atoms with Gasteiger partial charge in [0.2, 0.25) is 0 Å². The van der Waals surface area contributed by atoms with Gasteiger partial charge in [-0.05, 0) is 31.7 Å². The van der Waals surface area contributed by atoms with Crippen molar-refractivity contribution in [2.45, 2.75) is 35.5 Å². The van der Waals surface area contributed by atoms with E-state index in [9.17, 15) is 25.9 Å². The van der Waals surface area contributed by atoms with Gasteiger partial charge in [-0.2, -0.15) is 0 Å². The second-order valence-electron chi connectivity index (χ2n) is 5.15. The molecule has 0 saturated heterocycles. The first-order valence-corrected chi connectivity index (χ1v) is 12.6. The Morgan fingerprint density at radius 2 is 1.29 bits per heavy atom. The number of halogens is 2. The predicted octanol–water partition coefficient (Wildman–Crippen LogP) is -3.39. The van der Waals surface area contributed by atoms with E-state index in [-0.39, 0.29) is 83.8 Å². The third kappa shape index (κ3) is 11.3. The smallest absolute Gasteiger partial charge is 0.744 e. The molecular formula is C14H18Br2Na2O8S2. The summed E-state index contributed by atoms with van der Waals surface area (Å²) in [6.07, 6.45) is 2.65. The summed E-state index contributed by atoms with van der Waals surface area (Å²) in [5.74, 6) is -0.634. The Labute approximate surface area is 226 Å². The van der Waals surface area contributed by atoms with E-state index in [0.717, 1.165) is 24.2 Å². The van der Waals surface area contributed by atoms with Crippen LogP contribution in [0.3, 0.4) is 0 Å². The molecule has 1 aromatic rings. The van der Waals surface area contributed by atoms with Crippen LogP contribution in [0.2, 0.25) is 0 Å². The van der Waals surface area contributed by atoms with Gasteiger partial charge in [-0.15, -0.1) is 0 Å². The molecule has 0 unspecified atom stereocenters. The number of alkyl halides is 2. The maximum atomic E-state index is 11.5. The predicted molar refractivity (Wildman–Crippen MR) is 99.4 cm³/mol. The molecule has 0 aromatic heterocycles. The molecule has 28 heavy (non-hydrogen) atoms. The van der Waals surface area contributed by atoms with Crippen molar-refractivity contribution in [3.8, 4) is 11.5 Å². The Kier molecular flexibility index (Phi) is 17.5. The van der Waals surface area contributed by atoms with Gasteiger partial charge in [0, 0.05) is 16.7 Å². The molecule has 0 amide bonds. The average molecular weight is 584 g/mol.